The highest BCUT2D eigenvalue weighted by atomic mass is 35.5. The summed E-state index contributed by atoms with van der Waals surface area (Å²) in [6.45, 7) is 9.10. The Morgan fingerprint density at radius 2 is 1.61 bits per heavy atom. The fraction of sp³-hybridized carbons (Fsp3) is 0.375. The molecule has 0 heterocycles. The first kappa shape index (κ1) is 29.2. The van der Waals surface area contributed by atoms with E-state index in [-0.39, 0.29) is 30.4 Å². The van der Waals surface area contributed by atoms with Crippen molar-refractivity contribution in [1.82, 2.24) is 10.2 Å². The first-order valence-corrected chi connectivity index (χ1v) is 13.6. The standard InChI is InChI=1S/C32H39ClN2O3/c1-5-6-20-34-31(37)29(21-24-12-8-7-9-13-24)35(22-25-14-10-11-15-28(25)33)30(36)23-38-27-18-16-26(17-19-27)32(2,3)4/h7-19,29H,5-6,20-23H2,1-4H3,(H,34,37)/t29-/m0/s1. The van der Waals surface area contributed by atoms with Crippen LogP contribution in [0.2, 0.25) is 5.02 Å². The van der Waals surface area contributed by atoms with Crippen molar-refractivity contribution in [3.05, 3.63) is 101 Å². The molecule has 0 aliphatic rings. The maximum absolute atomic E-state index is 13.7. The van der Waals surface area contributed by atoms with E-state index in [0.29, 0.717) is 23.7 Å². The molecule has 0 bridgehead atoms. The molecule has 2 amide bonds. The largest absolute Gasteiger partial charge is 0.484 e. The highest BCUT2D eigenvalue weighted by Gasteiger charge is 2.31. The van der Waals surface area contributed by atoms with Crippen molar-refractivity contribution in [3.8, 4) is 5.75 Å². The molecule has 202 valence electrons. The molecule has 1 N–H and O–H groups in total. The summed E-state index contributed by atoms with van der Waals surface area (Å²) in [6.07, 6.45) is 2.22. The molecule has 3 aromatic rings. The topological polar surface area (TPSA) is 58.6 Å². The van der Waals surface area contributed by atoms with E-state index in [1.807, 2.05) is 72.8 Å². The summed E-state index contributed by atoms with van der Waals surface area (Å²) in [7, 11) is 0. The quantitative estimate of drug-likeness (QED) is 0.267. The Labute approximate surface area is 232 Å². The highest BCUT2D eigenvalue weighted by molar-refractivity contribution is 6.31. The predicted molar refractivity (Wildman–Crippen MR) is 154 cm³/mol. The fourth-order valence-electron chi connectivity index (χ4n) is 4.15. The van der Waals surface area contributed by atoms with Crippen molar-refractivity contribution in [3.63, 3.8) is 0 Å². The monoisotopic (exact) mass is 534 g/mol. The van der Waals surface area contributed by atoms with Crippen LogP contribution in [-0.2, 0) is 28.0 Å². The zero-order valence-corrected chi connectivity index (χ0v) is 23.6. The van der Waals surface area contributed by atoms with Gasteiger partial charge in [-0.2, -0.15) is 0 Å². The van der Waals surface area contributed by atoms with E-state index >= 15 is 0 Å². The smallest absolute Gasteiger partial charge is 0.261 e. The summed E-state index contributed by atoms with van der Waals surface area (Å²) in [5, 5.41) is 3.58. The summed E-state index contributed by atoms with van der Waals surface area (Å²) in [5.74, 6) is 0.143. The van der Waals surface area contributed by atoms with E-state index in [1.165, 1.54) is 5.56 Å². The van der Waals surface area contributed by atoms with Gasteiger partial charge in [-0.25, -0.2) is 0 Å². The Morgan fingerprint density at radius 3 is 2.24 bits per heavy atom. The van der Waals surface area contributed by atoms with E-state index in [2.05, 4.69) is 33.0 Å². The average Bonchev–Trinajstić information content (AvgIpc) is 2.90. The minimum atomic E-state index is -0.718. The van der Waals surface area contributed by atoms with Crippen molar-refractivity contribution < 1.29 is 14.3 Å². The summed E-state index contributed by atoms with van der Waals surface area (Å²) in [4.78, 5) is 28.8. The molecule has 0 aliphatic heterocycles. The van der Waals surface area contributed by atoms with E-state index in [0.717, 1.165) is 24.0 Å². The summed E-state index contributed by atoms with van der Waals surface area (Å²) >= 11 is 6.47. The van der Waals surface area contributed by atoms with Crippen LogP contribution in [0, 0.1) is 0 Å². The third-order valence-electron chi connectivity index (χ3n) is 6.48. The number of nitrogens with zero attached hydrogens (tertiary/aromatic N) is 1. The molecule has 0 unspecified atom stereocenters. The molecule has 1 atom stereocenters. The Bertz CT molecular complexity index is 1170. The van der Waals surface area contributed by atoms with Crippen LogP contribution in [0.4, 0.5) is 0 Å². The lowest BCUT2D eigenvalue weighted by Crippen LogP contribution is -2.51. The average molecular weight is 535 g/mol. The Kier molecular flexibility index (Phi) is 10.8. The third kappa shape index (κ3) is 8.63. The van der Waals surface area contributed by atoms with Crippen molar-refractivity contribution in [2.45, 2.75) is 65.0 Å². The number of carbonyl (C=O) groups excluding carboxylic acids is 2. The van der Waals surface area contributed by atoms with Gasteiger partial charge in [-0.3, -0.25) is 9.59 Å². The van der Waals surface area contributed by atoms with Crippen LogP contribution in [-0.4, -0.2) is 35.9 Å². The number of rotatable bonds is 12. The van der Waals surface area contributed by atoms with Gasteiger partial charge >= 0.3 is 0 Å². The highest BCUT2D eigenvalue weighted by Crippen LogP contribution is 2.25. The minimum absolute atomic E-state index is 0.0237. The molecule has 0 aromatic heterocycles. The molecule has 0 saturated heterocycles. The number of carbonyl (C=O) groups is 2. The van der Waals surface area contributed by atoms with E-state index in [4.69, 9.17) is 16.3 Å². The zero-order valence-electron chi connectivity index (χ0n) is 22.9. The second-order valence-corrected chi connectivity index (χ2v) is 10.9. The molecule has 3 aromatic carbocycles. The van der Waals surface area contributed by atoms with Gasteiger partial charge in [-0.15, -0.1) is 0 Å². The van der Waals surface area contributed by atoms with Crippen molar-refractivity contribution in [2.75, 3.05) is 13.2 Å². The lowest BCUT2D eigenvalue weighted by Gasteiger charge is -2.31. The predicted octanol–water partition coefficient (Wildman–Crippen LogP) is 6.57. The summed E-state index contributed by atoms with van der Waals surface area (Å²) in [5.41, 5.74) is 2.95. The van der Waals surface area contributed by atoms with Gasteiger partial charge in [-0.1, -0.05) is 106 Å². The Balaban J connectivity index is 1.87. The van der Waals surface area contributed by atoms with Gasteiger partial charge in [0, 0.05) is 24.5 Å². The molecule has 5 nitrogen and oxygen atoms in total. The number of nitrogens with one attached hydrogen (secondary N) is 1. The maximum Gasteiger partial charge on any atom is 0.261 e. The maximum atomic E-state index is 13.7. The Morgan fingerprint density at radius 1 is 0.947 bits per heavy atom. The first-order chi connectivity index (χ1) is 18.2. The van der Waals surface area contributed by atoms with Gasteiger partial charge < -0.3 is 15.0 Å². The van der Waals surface area contributed by atoms with E-state index < -0.39 is 6.04 Å². The first-order valence-electron chi connectivity index (χ1n) is 13.3. The molecule has 0 spiro atoms. The van der Waals surface area contributed by atoms with Gasteiger partial charge in [0.2, 0.25) is 5.91 Å². The molecule has 0 aliphatic carbocycles. The van der Waals surface area contributed by atoms with Crippen LogP contribution in [0.5, 0.6) is 5.75 Å². The number of hydrogen-bond acceptors (Lipinski definition) is 3. The van der Waals surface area contributed by atoms with Crippen LogP contribution in [0.3, 0.4) is 0 Å². The molecule has 0 saturated carbocycles. The number of hydrogen-bond donors (Lipinski definition) is 1. The van der Waals surface area contributed by atoms with Crippen molar-refractivity contribution in [1.29, 1.82) is 0 Å². The van der Waals surface area contributed by atoms with Gasteiger partial charge in [0.25, 0.3) is 5.91 Å². The number of amides is 2. The van der Waals surface area contributed by atoms with Crippen LogP contribution in [0.15, 0.2) is 78.9 Å². The molecular formula is C32H39ClN2O3. The number of unbranched alkanes of at least 4 members (excludes halogenated alkanes) is 1. The zero-order chi connectivity index (χ0) is 27.5. The second kappa shape index (κ2) is 14.0. The molecular weight excluding hydrogens is 496 g/mol. The molecule has 0 radical (unpaired) electrons. The summed E-state index contributed by atoms with van der Waals surface area (Å²) in [6, 6.07) is 24.2. The van der Waals surface area contributed by atoms with Crippen LogP contribution in [0.25, 0.3) is 0 Å². The van der Waals surface area contributed by atoms with Crippen LogP contribution in [0.1, 0.15) is 57.2 Å². The SMILES string of the molecule is CCCCNC(=O)[C@H](Cc1ccccc1)N(Cc1ccccc1Cl)C(=O)COc1ccc(C(C)(C)C)cc1. The number of halogens is 1. The van der Waals surface area contributed by atoms with Gasteiger partial charge in [0.05, 0.1) is 0 Å². The van der Waals surface area contributed by atoms with Crippen molar-refractivity contribution >= 4 is 23.4 Å². The second-order valence-electron chi connectivity index (χ2n) is 10.5. The number of benzene rings is 3. The lowest BCUT2D eigenvalue weighted by molar-refractivity contribution is -0.142. The molecule has 6 heteroatoms. The Hall–Kier alpha value is -3.31. The third-order valence-corrected chi connectivity index (χ3v) is 6.85. The van der Waals surface area contributed by atoms with Gasteiger partial charge in [-0.05, 0) is 46.7 Å². The van der Waals surface area contributed by atoms with E-state index in [9.17, 15) is 9.59 Å². The van der Waals surface area contributed by atoms with Crippen LogP contribution < -0.4 is 10.1 Å². The molecule has 3 rings (SSSR count). The van der Waals surface area contributed by atoms with E-state index in [1.54, 1.807) is 11.0 Å². The lowest BCUT2D eigenvalue weighted by atomic mass is 9.87. The van der Waals surface area contributed by atoms with Gasteiger partial charge in [0.1, 0.15) is 11.8 Å². The fourth-order valence-corrected chi connectivity index (χ4v) is 4.34. The van der Waals surface area contributed by atoms with Crippen molar-refractivity contribution in [2.24, 2.45) is 0 Å². The molecule has 0 fully saturated rings. The number of ether oxygens (including phenoxy) is 1. The minimum Gasteiger partial charge on any atom is -0.484 e. The molecule has 38 heavy (non-hydrogen) atoms. The normalized spacial score (nSPS) is 12.0. The van der Waals surface area contributed by atoms with Gasteiger partial charge in [0.15, 0.2) is 6.61 Å². The van der Waals surface area contributed by atoms with Crippen LogP contribution >= 0.6 is 11.6 Å². The summed E-state index contributed by atoms with van der Waals surface area (Å²) < 4.78 is 5.91.